The molecule has 0 nitrogen and oxygen atoms in total. The molecule has 0 aromatic heterocycles. The first-order chi connectivity index (χ1) is 17.3. The first-order valence-corrected chi connectivity index (χ1v) is 15.5. The first-order valence-electron chi connectivity index (χ1n) is 14.5. The third kappa shape index (κ3) is 6.11. The van der Waals surface area contributed by atoms with Crippen molar-refractivity contribution >= 4 is 20.9 Å². The van der Waals surface area contributed by atoms with Crippen molar-refractivity contribution in [2.45, 2.75) is 119 Å². The van der Waals surface area contributed by atoms with E-state index in [0.29, 0.717) is 35.5 Å². The zero-order valence-corrected chi connectivity index (χ0v) is 27.6. The van der Waals surface area contributed by atoms with Crippen molar-refractivity contribution in [1.82, 2.24) is 0 Å². The van der Waals surface area contributed by atoms with Gasteiger partial charge in [0.05, 0.1) is 0 Å². The molecule has 197 valence electrons. The topological polar surface area (TPSA) is 0 Å². The summed E-state index contributed by atoms with van der Waals surface area (Å²) >= 11 is 2.36. The second-order valence-electron chi connectivity index (χ2n) is 12.8. The molecule has 3 rings (SSSR count). The van der Waals surface area contributed by atoms with Gasteiger partial charge >= 0.3 is 238 Å². The molecular formula is C36H49Ge. The summed E-state index contributed by atoms with van der Waals surface area (Å²) in [6, 6.07) is 17.0. The molecule has 0 bridgehead atoms. The first kappa shape index (κ1) is 29.8. The van der Waals surface area contributed by atoms with Crippen LogP contribution in [0.4, 0.5) is 0 Å². The van der Waals surface area contributed by atoms with Gasteiger partial charge in [-0.05, 0) is 0 Å². The van der Waals surface area contributed by atoms with E-state index in [-0.39, 0.29) is 0 Å². The molecule has 1 heteroatoms. The van der Waals surface area contributed by atoms with Gasteiger partial charge in [0.25, 0.3) is 0 Å². The molecule has 0 saturated heterocycles. The van der Waals surface area contributed by atoms with Crippen molar-refractivity contribution in [2.75, 3.05) is 0 Å². The van der Waals surface area contributed by atoms with Gasteiger partial charge in [-0.15, -0.1) is 0 Å². The van der Waals surface area contributed by atoms with Gasteiger partial charge in [0.2, 0.25) is 0 Å². The van der Waals surface area contributed by atoms with Crippen LogP contribution in [0, 0.1) is 0 Å². The van der Waals surface area contributed by atoms with Gasteiger partial charge in [0.1, 0.15) is 0 Å². The molecular weight excluding hydrogens is 505 g/mol. The van der Waals surface area contributed by atoms with E-state index in [9.17, 15) is 0 Å². The van der Waals surface area contributed by atoms with Crippen LogP contribution in [-0.2, 0) is 0 Å². The number of rotatable bonds is 8. The molecule has 0 N–H and O–H groups in total. The van der Waals surface area contributed by atoms with E-state index >= 15 is 0 Å². The Kier molecular flexibility index (Phi) is 9.60. The van der Waals surface area contributed by atoms with Gasteiger partial charge in [-0.1, -0.05) is 0 Å². The van der Waals surface area contributed by atoms with Gasteiger partial charge in [0.15, 0.2) is 0 Å². The van der Waals surface area contributed by atoms with Crippen LogP contribution in [0.5, 0.6) is 0 Å². The Labute approximate surface area is 236 Å². The number of benzene rings is 3. The Morgan fingerprint density at radius 2 is 0.703 bits per heavy atom. The van der Waals surface area contributed by atoms with Crippen molar-refractivity contribution in [2.24, 2.45) is 0 Å². The van der Waals surface area contributed by atoms with E-state index < -0.39 is 0 Å². The fourth-order valence-electron chi connectivity index (χ4n) is 5.50. The summed E-state index contributed by atoms with van der Waals surface area (Å²) in [5.41, 5.74) is 14.6. The second kappa shape index (κ2) is 11.9. The molecule has 3 aromatic rings. The standard InChI is InChI=1S/C36H49Ge/c1-20(2)26-16-30(22(5)6)34(31(17-26)23(7)8)28-14-13-15-29(36(28)37)35-32(24(9)10)18-27(21(3)4)19-33(35)25(11)12/h13-25H,1-12H3. The maximum absolute atomic E-state index is 2.49. The van der Waals surface area contributed by atoms with Gasteiger partial charge in [-0.3, -0.25) is 0 Å². The number of hydrogen-bond donors (Lipinski definition) is 0. The minimum absolute atomic E-state index is 0.469. The Hall–Kier alpha value is -1.80. The summed E-state index contributed by atoms with van der Waals surface area (Å²) in [5, 5.41) is 0. The van der Waals surface area contributed by atoms with E-state index in [1.165, 1.54) is 60.0 Å². The third-order valence-corrected chi connectivity index (χ3v) is 9.00. The summed E-state index contributed by atoms with van der Waals surface area (Å²) in [6.07, 6.45) is 0. The Morgan fingerprint density at radius 1 is 0.432 bits per heavy atom. The molecule has 0 spiro atoms. The molecule has 0 heterocycles. The monoisotopic (exact) mass is 555 g/mol. The third-order valence-electron chi connectivity index (χ3n) is 7.87. The molecule has 0 aliphatic rings. The van der Waals surface area contributed by atoms with Crippen molar-refractivity contribution in [1.29, 1.82) is 0 Å². The molecule has 3 aromatic carbocycles. The van der Waals surface area contributed by atoms with Crippen LogP contribution in [-0.4, -0.2) is 16.5 Å². The maximum atomic E-state index is 2.49. The molecule has 3 radical (unpaired) electrons. The van der Waals surface area contributed by atoms with E-state index in [2.05, 4.69) is 142 Å². The van der Waals surface area contributed by atoms with Gasteiger partial charge < -0.3 is 0 Å². The summed E-state index contributed by atoms with van der Waals surface area (Å²) in [4.78, 5) is 0. The second-order valence-corrected chi connectivity index (χ2v) is 13.9. The average Bonchev–Trinajstić information content (AvgIpc) is 2.82. The quantitative estimate of drug-likeness (QED) is 0.243. The summed E-state index contributed by atoms with van der Waals surface area (Å²) in [7, 11) is 0. The van der Waals surface area contributed by atoms with Crippen molar-refractivity contribution in [3.63, 3.8) is 0 Å². The fourth-order valence-corrected chi connectivity index (χ4v) is 6.38. The van der Waals surface area contributed by atoms with Crippen LogP contribution >= 0.6 is 0 Å². The summed E-state index contributed by atoms with van der Waals surface area (Å²) < 4.78 is 1.41. The van der Waals surface area contributed by atoms with Crippen LogP contribution in [0.15, 0.2) is 42.5 Å². The molecule has 0 amide bonds. The van der Waals surface area contributed by atoms with Crippen LogP contribution in [0.25, 0.3) is 22.3 Å². The zero-order chi connectivity index (χ0) is 27.8. The molecule has 0 aliphatic heterocycles. The van der Waals surface area contributed by atoms with E-state index in [0.717, 1.165) is 0 Å². The molecule has 37 heavy (non-hydrogen) atoms. The van der Waals surface area contributed by atoms with Crippen LogP contribution in [0.2, 0.25) is 0 Å². The Bertz CT molecular complexity index is 1090. The van der Waals surface area contributed by atoms with Crippen LogP contribution in [0.3, 0.4) is 0 Å². The SMILES string of the molecule is CC(C)c1cc(C(C)C)c(-c2cccc(-c3c(C(C)C)cc(C(C)C)cc3C(C)C)[c]2[Ge])c(C(C)C)c1. The Morgan fingerprint density at radius 3 is 0.919 bits per heavy atom. The average molecular weight is 554 g/mol. The predicted octanol–water partition coefficient (Wildman–Crippen LogP) is 10.6. The minimum atomic E-state index is 0.469. The normalized spacial score (nSPS) is 12.3. The Balaban J connectivity index is 2.44. The van der Waals surface area contributed by atoms with Crippen molar-refractivity contribution < 1.29 is 0 Å². The predicted molar refractivity (Wildman–Crippen MR) is 167 cm³/mol. The number of hydrogen-bond acceptors (Lipinski definition) is 0. The van der Waals surface area contributed by atoms with E-state index in [1.807, 2.05) is 0 Å². The zero-order valence-electron chi connectivity index (χ0n) is 25.5. The van der Waals surface area contributed by atoms with Crippen molar-refractivity contribution in [3.8, 4) is 22.3 Å². The van der Waals surface area contributed by atoms with Gasteiger partial charge in [-0.2, -0.15) is 0 Å². The summed E-state index contributed by atoms with van der Waals surface area (Å²) in [5.74, 6) is 2.93. The fraction of sp³-hybridized carbons (Fsp3) is 0.500. The van der Waals surface area contributed by atoms with Crippen LogP contribution in [0.1, 0.15) is 152 Å². The molecule has 0 atom stereocenters. The van der Waals surface area contributed by atoms with E-state index in [1.54, 1.807) is 0 Å². The molecule has 0 fully saturated rings. The van der Waals surface area contributed by atoms with Crippen LogP contribution < -0.4 is 4.40 Å². The van der Waals surface area contributed by atoms with Crippen molar-refractivity contribution in [3.05, 3.63) is 75.8 Å². The molecule has 0 aliphatic carbocycles. The summed E-state index contributed by atoms with van der Waals surface area (Å²) in [6.45, 7) is 28.1. The van der Waals surface area contributed by atoms with Gasteiger partial charge in [0, 0.05) is 0 Å². The molecule has 0 saturated carbocycles. The molecule has 0 unspecified atom stereocenters. The van der Waals surface area contributed by atoms with E-state index in [4.69, 9.17) is 0 Å². The van der Waals surface area contributed by atoms with Gasteiger partial charge in [-0.25, -0.2) is 0 Å².